The van der Waals surface area contributed by atoms with Crippen molar-refractivity contribution in [2.45, 2.75) is 54.9 Å². The number of benzene rings is 2. The molecule has 26 heavy (non-hydrogen) atoms. The maximum absolute atomic E-state index is 5.05. The van der Waals surface area contributed by atoms with E-state index in [0.29, 0.717) is 0 Å². The summed E-state index contributed by atoms with van der Waals surface area (Å²) in [6.07, 6.45) is 1.05. The Morgan fingerprint density at radius 1 is 0.846 bits per heavy atom. The quantitative estimate of drug-likeness (QED) is 0.520. The number of hydrogen-bond donors (Lipinski definition) is 0. The average molecular weight is 344 g/mol. The monoisotopic (exact) mass is 343 g/mol. The number of allylic oxidation sites excluding steroid dienone is 4. The molecule has 1 aliphatic rings. The van der Waals surface area contributed by atoms with Crippen LogP contribution in [0.25, 0.3) is 5.57 Å². The van der Waals surface area contributed by atoms with Gasteiger partial charge in [0.1, 0.15) is 0 Å². The van der Waals surface area contributed by atoms with E-state index in [9.17, 15) is 0 Å². The molecule has 0 amide bonds. The van der Waals surface area contributed by atoms with E-state index in [1.807, 2.05) is 0 Å². The van der Waals surface area contributed by atoms with Crippen molar-refractivity contribution in [2.24, 2.45) is 4.99 Å². The lowest BCUT2D eigenvalue weighted by Crippen LogP contribution is -2.01. The van der Waals surface area contributed by atoms with Crippen molar-refractivity contribution < 1.29 is 0 Å². The standard InChI is InChI=1S/C25H29N/c1-15-12-17(3)25(18(4)13-15)26-21(7)22-10-8-9-11-23(22)24-14-16(2)19(5)20(24)6/h8-13H,14H2,1-7H3. The first-order valence-corrected chi connectivity index (χ1v) is 9.39. The molecule has 0 saturated carbocycles. The Hall–Kier alpha value is -2.41. The summed E-state index contributed by atoms with van der Waals surface area (Å²) in [5, 5.41) is 0. The summed E-state index contributed by atoms with van der Waals surface area (Å²) in [5.74, 6) is 0. The molecular weight excluding hydrogens is 314 g/mol. The summed E-state index contributed by atoms with van der Waals surface area (Å²) < 4.78 is 0. The topological polar surface area (TPSA) is 12.4 Å². The van der Waals surface area contributed by atoms with Crippen molar-refractivity contribution in [3.8, 4) is 0 Å². The van der Waals surface area contributed by atoms with Crippen molar-refractivity contribution in [3.05, 3.63) is 80.9 Å². The van der Waals surface area contributed by atoms with Crippen LogP contribution in [0.2, 0.25) is 0 Å². The fourth-order valence-electron chi connectivity index (χ4n) is 4.01. The van der Waals surface area contributed by atoms with Crippen molar-refractivity contribution in [3.63, 3.8) is 0 Å². The number of rotatable bonds is 3. The Balaban J connectivity index is 2.10. The summed E-state index contributed by atoms with van der Waals surface area (Å²) in [5.41, 5.74) is 14.3. The Morgan fingerprint density at radius 2 is 1.46 bits per heavy atom. The highest BCUT2D eigenvalue weighted by molar-refractivity contribution is 6.05. The minimum atomic E-state index is 1.05. The fourth-order valence-corrected chi connectivity index (χ4v) is 4.01. The number of hydrogen-bond acceptors (Lipinski definition) is 1. The van der Waals surface area contributed by atoms with Gasteiger partial charge in [-0.05, 0) is 88.3 Å². The van der Waals surface area contributed by atoms with Gasteiger partial charge in [-0.1, -0.05) is 47.5 Å². The van der Waals surface area contributed by atoms with Crippen LogP contribution in [-0.2, 0) is 0 Å². The maximum atomic E-state index is 5.05. The molecule has 2 aromatic rings. The summed E-state index contributed by atoms with van der Waals surface area (Å²) in [6, 6.07) is 13.1. The first kappa shape index (κ1) is 18.4. The molecule has 3 rings (SSSR count). The van der Waals surface area contributed by atoms with E-state index in [2.05, 4.69) is 84.9 Å². The minimum absolute atomic E-state index is 1.05. The van der Waals surface area contributed by atoms with Gasteiger partial charge in [0.15, 0.2) is 0 Å². The second-order valence-corrected chi connectivity index (χ2v) is 7.68. The highest BCUT2D eigenvalue weighted by atomic mass is 14.8. The molecule has 0 unspecified atom stereocenters. The second kappa shape index (κ2) is 7.07. The number of aryl methyl sites for hydroxylation is 3. The SMILES string of the molecule is CC(=Nc1c(C)cc(C)cc1C)c1ccccc1C1=C(C)C(C)=C(C)C1. The van der Waals surface area contributed by atoms with Gasteiger partial charge in [0.25, 0.3) is 0 Å². The normalized spacial score (nSPS) is 15.3. The largest absolute Gasteiger partial charge is 0.253 e. The fraction of sp³-hybridized carbons (Fsp3) is 0.320. The molecule has 0 radical (unpaired) electrons. The zero-order chi connectivity index (χ0) is 19.0. The Morgan fingerprint density at radius 3 is 2.04 bits per heavy atom. The Bertz CT molecular complexity index is 944. The van der Waals surface area contributed by atoms with Gasteiger partial charge in [0.2, 0.25) is 0 Å². The van der Waals surface area contributed by atoms with Gasteiger partial charge in [-0.15, -0.1) is 0 Å². The lowest BCUT2D eigenvalue weighted by molar-refractivity contribution is 1.22. The van der Waals surface area contributed by atoms with E-state index in [4.69, 9.17) is 4.99 Å². The van der Waals surface area contributed by atoms with Crippen LogP contribution in [0.15, 0.2) is 58.1 Å². The maximum Gasteiger partial charge on any atom is 0.0691 e. The van der Waals surface area contributed by atoms with Crippen LogP contribution in [0.5, 0.6) is 0 Å². The van der Waals surface area contributed by atoms with Gasteiger partial charge in [-0.25, -0.2) is 0 Å². The molecule has 2 aromatic carbocycles. The third kappa shape index (κ3) is 3.31. The predicted octanol–water partition coefficient (Wildman–Crippen LogP) is 7.27. The van der Waals surface area contributed by atoms with Crippen LogP contribution >= 0.6 is 0 Å². The lowest BCUT2D eigenvalue weighted by atomic mass is 9.93. The van der Waals surface area contributed by atoms with Gasteiger partial charge in [-0.3, -0.25) is 4.99 Å². The number of nitrogens with zero attached hydrogens (tertiary/aromatic N) is 1. The van der Waals surface area contributed by atoms with Crippen LogP contribution in [0.4, 0.5) is 5.69 Å². The molecule has 0 spiro atoms. The van der Waals surface area contributed by atoms with E-state index in [1.165, 1.54) is 50.1 Å². The first-order valence-electron chi connectivity index (χ1n) is 9.39. The molecule has 0 heterocycles. The molecule has 1 heteroatoms. The van der Waals surface area contributed by atoms with Gasteiger partial charge in [-0.2, -0.15) is 0 Å². The van der Waals surface area contributed by atoms with Crippen molar-refractivity contribution >= 4 is 17.0 Å². The van der Waals surface area contributed by atoms with Crippen molar-refractivity contribution in [2.75, 3.05) is 0 Å². The summed E-state index contributed by atoms with van der Waals surface area (Å²) in [6.45, 7) is 15.3. The predicted molar refractivity (Wildman–Crippen MR) is 115 cm³/mol. The molecule has 0 bridgehead atoms. The molecule has 0 fully saturated rings. The highest BCUT2D eigenvalue weighted by Gasteiger charge is 2.20. The molecular formula is C25H29N. The van der Waals surface area contributed by atoms with Gasteiger partial charge in [0.05, 0.1) is 5.69 Å². The summed E-state index contributed by atoms with van der Waals surface area (Å²) >= 11 is 0. The third-order valence-electron chi connectivity index (χ3n) is 5.65. The van der Waals surface area contributed by atoms with Crippen molar-refractivity contribution in [1.29, 1.82) is 0 Å². The van der Waals surface area contributed by atoms with Crippen LogP contribution in [0, 0.1) is 20.8 Å². The summed E-state index contributed by atoms with van der Waals surface area (Å²) in [7, 11) is 0. The lowest BCUT2D eigenvalue weighted by Gasteiger charge is -2.14. The molecule has 0 aliphatic heterocycles. The molecule has 1 nitrogen and oxygen atoms in total. The van der Waals surface area contributed by atoms with E-state index >= 15 is 0 Å². The smallest absolute Gasteiger partial charge is 0.0691 e. The molecule has 0 aromatic heterocycles. The molecule has 1 aliphatic carbocycles. The van der Waals surface area contributed by atoms with Crippen LogP contribution < -0.4 is 0 Å². The van der Waals surface area contributed by atoms with E-state index in [-0.39, 0.29) is 0 Å². The van der Waals surface area contributed by atoms with Gasteiger partial charge in [0, 0.05) is 11.3 Å². The molecule has 0 N–H and O–H groups in total. The average Bonchev–Trinajstić information content (AvgIpc) is 2.85. The molecule has 134 valence electrons. The van der Waals surface area contributed by atoms with Gasteiger partial charge >= 0.3 is 0 Å². The van der Waals surface area contributed by atoms with Crippen LogP contribution in [0.1, 0.15) is 61.9 Å². The van der Waals surface area contributed by atoms with E-state index in [0.717, 1.165) is 17.8 Å². The highest BCUT2D eigenvalue weighted by Crippen LogP contribution is 2.39. The zero-order valence-corrected chi connectivity index (χ0v) is 17.1. The Labute approximate surface area is 158 Å². The van der Waals surface area contributed by atoms with Crippen molar-refractivity contribution in [1.82, 2.24) is 0 Å². The van der Waals surface area contributed by atoms with Gasteiger partial charge < -0.3 is 0 Å². The zero-order valence-electron chi connectivity index (χ0n) is 17.1. The number of aliphatic imine (C=N–C) groups is 1. The third-order valence-corrected chi connectivity index (χ3v) is 5.65. The molecule has 0 saturated heterocycles. The Kier molecular flexibility index (Phi) is 5.00. The summed E-state index contributed by atoms with van der Waals surface area (Å²) in [4.78, 5) is 5.05. The second-order valence-electron chi connectivity index (χ2n) is 7.68. The van der Waals surface area contributed by atoms with Crippen LogP contribution in [0.3, 0.4) is 0 Å². The first-order chi connectivity index (χ1) is 12.3. The molecule has 0 atom stereocenters. The van der Waals surface area contributed by atoms with Crippen LogP contribution in [-0.4, -0.2) is 5.71 Å². The van der Waals surface area contributed by atoms with E-state index < -0.39 is 0 Å². The minimum Gasteiger partial charge on any atom is -0.253 e. The van der Waals surface area contributed by atoms with E-state index in [1.54, 1.807) is 0 Å².